The van der Waals surface area contributed by atoms with Gasteiger partial charge in [-0.1, -0.05) is 48.6 Å². The number of carbonyl (C=O) groups excluding carboxylic acids is 3. The fraction of sp³-hybridized carbons (Fsp3) is 0.250. The first-order chi connectivity index (χ1) is 18.3. The Morgan fingerprint density at radius 1 is 1.08 bits per heavy atom. The highest BCUT2D eigenvalue weighted by molar-refractivity contribution is 7.07. The molecular weight excluding hydrogens is 506 g/mol. The Hall–Kier alpha value is -4.31. The van der Waals surface area contributed by atoms with Crippen molar-refractivity contribution in [3.05, 3.63) is 90.6 Å². The van der Waals surface area contributed by atoms with Crippen molar-refractivity contribution in [2.75, 3.05) is 18.6 Å². The summed E-state index contributed by atoms with van der Waals surface area (Å²) >= 11 is 1.13. The zero-order valence-electron chi connectivity index (χ0n) is 21.3. The minimum absolute atomic E-state index is 0.211. The molecule has 10 heteroatoms. The molecule has 2 aromatic carbocycles. The maximum absolute atomic E-state index is 14.1. The van der Waals surface area contributed by atoms with Crippen LogP contribution < -0.4 is 24.5 Å². The molecule has 9 nitrogen and oxygen atoms in total. The van der Waals surface area contributed by atoms with Crippen LogP contribution in [0.25, 0.3) is 5.57 Å². The number of hydrogen-bond acceptors (Lipinski definition) is 8. The van der Waals surface area contributed by atoms with Gasteiger partial charge in [-0.25, -0.2) is 9.79 Å². The second kappa shape index (κ2) is 9.86. The fourth-order valence-electron chi connectivity index (χ4n) is 4.89. The molecule has 0 spiro atoms. The maximum Gasteiger partial charge on any atom is 0.338 e. The van der Waals surface area contributed by atoms with Gasteiger partial charge in [0.1, 0.15) is 10.3 Å². The summed E-state index contributed by atoms with van der Waals surface area (Å²) in [4.78, 5) is 58.5. The molecule has 1 atom stereocenters. The summed E-state index contributed by atoms with van der Waals surface area (Å²) in [7, 11) is 1.27. The average molecular weight is 532 g/mol. The van der Waals surface area contributed by atoms with Crippen LogP contribution in [0, 0.1) is 0 Å². The van der Waals surface area contributed by atoms with Crippen molar-refractivity contribution in [3.8, 4) is 5.75 Å². The predicted molar refractivity (Wildman–Crippen MR) is 142 cm³/mol. The quantitative estimate of drug-likeness (QED) is 0.370. The van der Waals surface area contributed by atoms with Crippen molar-refractivity contribution in [3.63, 3.8) is 0 Å². The summed E-state index contributed by atoms with van der Waals surface area (Å²) in [5.41, 5.74) is 2.60. The number of aromatic nitrogens is 1. The minimum Gasteiger partial charge on any atom is -0.466 e. The van der Waals surface area contributed by atoms with Gasteiger partial charge >= 0.3 is 11.9 Å². The van der Waals surface area contributed by atoms with Crippen LogP contribution in [0.15, 0.2) is 69.6 Å². The van der Waals surface area contributed by atoms with Crippen LogP contribution in [0.4, 0.5) is 5.69 Å². The minimum atomic E-state index is -0.849. The zero-order chi connectivity index (χ0) is 27.1. The van der Waals surface area contributed by atoms with Gasteiger partial charge < -0.3 is 14.4 Å². The number of nitrogens with zero attached hydrogens (tertiary/aromatic N) is 3. The van der Waals surface area contributed by atoms with Gasteiger partial charge in [0.25, 0.3) is 11.5 Å². The van der Waals surface area contributed by atoms with E-state index in [1.54, 1.807) is 36.1 Å². The second-order valence-electron chi connectivity index (χ2n) is 8.91. The number of allylic oxidation sites excluding steroid dienone is 1. The van der Waals surface area contributed by atoms with Crippen molar-refractivity contribution in [1.82, 2.24) is 4.57 Å². The van der Waals surface area contributed by atoms with Gasteiger partial charge in [-0.15, -0.1) is 0 Å². The lowest BCUT2D eigenvalue weighted by Crippen LogP contribution is -2.40. The lowest BCUT2D eigenvalue weighted by atomic mass is 9.96. The molecule has 194 valence electrons. The smallest absolute Gasteiger partial charge is 0.338 e. The molecule has 1 aromatic heterocycles. The number of ether oxygens (including phenoxy) is 2. The molecule has 0 N–H and O–H groups in total. The molecule has 38 heavy (non-hydrogen) atoms. The number of benzene rings is 2. The summed E-state index contributed by atoms with van der Waals surface area (Å²) in [5.74, 6) is -0.976. The van der Waals surface area contributed by atoms with E-state index in [4.69, 9.17) is 9.47 Å². The SMILES string of the molecule is CCCN1C(=O)/C(=c2\sc3n(c2=O)[C@H](c2ccc(OC(C)=O)cc2)C(C(=O)OC)=C(C)N=3)c2ccccc21. The molecule has 0 fully saturated rings. The number of fused-ring (bicyclic) bond motifs is 2. The largest absolute Gasteiger partial charge is 0.466 e. The van der Waals surface area contributed by atoms with E-state index < -0.39 is 23.5 Å². The number of thiazole rings is 1. The number of esters is 2. The Morgan fingerprint density at radius 2 is 1.79 bits per heavy atom. The molecule has 2 aliphatic rings. The number of methoxy groups -OCH3 is 1. The van der Waals surface area contributed by atoms with Gasteiger partial charge in [0, 0.05) is 19.0 Å². The third-order valence-corrected chi connectivity index (χ3v) is 7.51. The van der Waals surface area contributed by atoms with Crippen molar-refractivity contribution in [2.24, 2.45) is 4.99 Å². The first-order valence-electron chi connectivity index (χ1n) is 12.1. The van der Waals surface area contributed by atoms with Crippen LogP contribution >= 0.6 is 11.3 Å². The third-order valence-electron chi connectivity index (χ3n) is 6.46. The second-order valence-corrected chi connectivity index (χ2v) is 9.88. The number of hydrogen-bond donors (Lipinski definition) is 0. The van der Waals surface area contributed by atoms with Crippen LogP contribution in [0.5, 0.6) is 5.75 Å². The van der Waals surface area contributed by atoms with Crippen LogP contribution in [0.2, 0.25) is 0 Å². The van der Waals surface area contributed by atoms with Crippen molar-refractivity contribution < 1.29 is 23.9 Å². The van der Waals surface area contributed by atoms with Gasteiger partial charge in [-0.2, -0.15) is 0 Å². The Kier molecular flexibility index (Phi) is 6.58. The molecule has 0 saturated carbocycles. The van der Waals surface area contributed by atoms with E-state index >= 15 is 0 Å². The van der Waals surface area contributed by atoms with Gasteiger partial charge in [0.05, 0.1) is 35.7 Å². The number of para-hydroxylation sites is 1. The molecule has 0 bridgehead atoms. The van der Waals surface area contributed by atoms with Crippen LogP contribution in [-0.4, -0.2) is 36.1 Å². The Bertz CT molecular complexity index is 1700. The summed E-state index contributed by atoms with van der Waals surface area (Å²) < 4.78 is 11.9. The third kappa shape index (κ3) is 4.06. The zero-order valence-corrected chi connectivity index (χ0v) is 22.1. The number of carbonyl (C=O) groups is 3. The van der Waals surface area contributed by atoms with E-state index in [2.05, 4.69) is 4.99 Å². The molecule has 0 radical (unpaired) electrons. The number of anilines is 1. The van der Waals surface area contributed by atoms with Crippen molar-refractivity contribution >= 4 is 40.4 Å². The molecule has 3 heterocycles. The van der Waals surface area contributed by atoms with E-state index in [0.29, 0.717) is 39.5 Å². The maximum atomic E-state index is 14.1. The van der Waals surface area contributed by atoms with E-state index in [-0.39, 0.29) is 16.0 Å². The topological polar surface area (TPSA) is 107 Å². The van der Waals surface area contributed by atoms with Crippen LogP contribution in [0.3, 0.4) is 0 Å². The first-order valence-corrected chi connectivity index (χ1v) is 12.9. The van der Waals surface area contributed by atoms with E-state index in [0.717, 1.165) is 23.4 Å². The highest BCUT2D eigenvalue weighted by atomic mass is 32.1. The van der Waals surface area contributed by atoms with E-state index in [9.17, 15) is 19.2 Å². The summed E-state index contributed by atoms with van der Waals surface area (Å²) in [6.45, 7) is 5.51. The molecule has 3 aromatic rings. The molecular formula is C28H25N3O6S. The van der Waals surface area contributed by atoms with Crippen LogP contribution in [0.1, 0.15) is 44.4 Å². The number of rotatable bonds is 5. The molecule has 1 amide bonds. The highest BCUT2D eigenvalue weighted by Gasteiger charge is 2.37. The molecule has 0 aliphatic carbocycles. The van der Waals surface area contributed by atoms with Crippen molar-refractivity contribution in [1.29, 1.82) is 0 Å². The van der Waals surface area contributed by atoms with Gasteiger partial charge in [-0.3, -0.25) is 19.0 Å². The summed E-state index contributed by atoms with van der Waals surface area (Å²) in [5, 5.41) is 0. The summed E-state index contributed by atoms with van der Waals surface area (Å²) in [6, 6.07) is 13.1. The molecule has 0 unspecified atom stereocenters. The molecule has 0 saturated heterocycles. The Morgan fingerprint density at radius 3 is 2.45 bits per heavy atom. The van der Waals surface area contributed by atoms with Crippen molar-refractivity contribution in [2.45, 2.75) is 33.2 Å². The highest BCUT2D eigenvalue weighted by Crippen LogP contribution is 2.36. The number of amides is 1. The molecule has 5 rings (SSSR count). The molecule has 2 aliphatic heterocycles. The van der Waals surface area contributed by atoms with E-state index in [1.165, 1.54) is 18.6 Å². The predicted octanol–water partition coefficient (Wildman–Crippen LogP) is 2.46. The monoisotopic (exact) mass is 531 g/mol. The first kappa shape index (κ1) is 25.3. The lowest BCUT2D eigenvalue weighted by molar-refractivity contribution is -0.136. The Labute approximate surface area is 221 Å². The fourth-order valence-corrected chi connectivity index (χ4v) is 6.02. The van der Waals surface area contributed by atoms with E-state index in [1.807, 2.05) is 31.2 Å². The van der Waals surface area contributed by atoms with Gasteiger partial charge in [0.15, 0.2) is 4.80 Å². The lowest BCUT2D eigenvalue weighted by Gasteiger charge is -2.24. The Balaban J connectivity index is 1.77. The van der Waals surface area contributed by atoms with Crippen LogP contribution in [-0.2, 0) is 19.1 Å². The average Bonchev–Trinajstić information content (AvgIpc) is 3.36. The van der Waals surface area contributed by atoms with Gasteiger partial charge in [-0.05, 0) is 37.1 Å². The van der Waals surface area contributed by atoms with Gasteiger partial charge in [0.2, 0.25) is 0 Å². The summed E-state index contributed by atoms with van der Waals surface area (Å²) in [6.07, 6.45) is 0.764. The standard InChI is InChI=1S/C28H25N3O6S/c1-5-14-30-20-9-7-6-8-19(20)22(25(30)33)24-26(34)31-23(17-10-12-18(13-11-17)37-16(3)32)21(27(35)36-4)15(2)29-28(31)38-24/h6-13,23H,5,14H2,1-4H3/b24-22-/t23-/m1/s1. The normalized spacial score (nSPS) is 17.6.